The molecule has 0 saturated heterocycles. The van der Waals surface area contributed by atoms with Gasteiger partial charge in [0.1, 0.15) is 5.82 Å². The molecule has 2 unspecified atom stereocenters. The van der Waals surface area contributed by atoms with Crippen molar-refractivity contribution in [2.75, 3.05) is 6.26 Å². The lowest BCUT2D eigenvalue weighted by molar-refractivity contribution is 0.240. The summed E-state index contributed by atoms with van der Waals surface area (Å²) in [5, 5.41) is 4.67. The van der Waals surface area contributed by atoms with Crippen LogP contribution in [0, 0.1) is 5.82 Å². The Bertz CT molecular complexity index is 444. The zero-order valence-corrected chi connectivity index (χ0v) is 13.0. The molecule has 0 radical (unpaired) electrons. The van der Waals surface area contributed by atoms with E-state index in [9.17, 15) is 4.39 Å². The SMILES string of the molecule is CSC1CCCC(NC2CC(c3cccc(F)c3)C2)C1. The van der Waals surface area contributed by atoms with Crippen LogP contribution in [0.5, 0.6) is 0 Å². The first-order valence-corrected chi connectivity index (χ1v) is 9.07. The van der Waals surface area contributed by atoms with Gasteiger partial charge in [0.2, 0.25) is 0 Å². The Balaban J connectivity index is 1.46. The summed E-state index contributed by atoms with van der Waals surface area (Å²) < 4.78 is 13.2. The number of rotatable bonds is 4. The summed E-state index contributed by atoms with van der Waals surface area (Å²) >= 11 is 2.02. The van der Waals surface area contributed by atoms with E-state index < -0.39 is 0 Å². The van der Waals surface area contributed by atoms with E-state index in [1.165, 1.54) is 50.2 Å². The minimum Gasteiger partial charge on any atom is -0.311 e. The van der Waals surface area contributed by atoms with E-state index in [1.807, 2.05) is 17.8 Å². The molecule has 1 aromatic carbocycles. The van der Waals surface area contributed by atoms with Gasteiger partial charge in [0.15, 0.2) is 0 Å². The maximum Gasteiger partial charge on any atom is 0.123 e. The molecular formula is C17H24FNS. The molecule has 1 nitrogen and oxygen atoms in total. The predicted molar refractivity (Wildman–Crippen MR) is 84.9 cm³/mol. The first kappa shape index (κ1) is 14.4. The second-order valence-electron chi connectivity index (χ2n) is 6.31. The van der Waals surface area contributed by atoms with Crippen LogP contribution in [-0.2, 0) is 0 Å². The molecule has 0 amide bonds. The smallest absolute Gasteiger partial charge is 0.123 e. The normalized spacial score (nSPS) is 33.7. The molecule has 2 aliphatic rings. The third-order valence-corrected chi connectivity index (χ3v) is 5.98. The largest absolute Gasteiger partial charge is 0.311 e. The molecular weight excluding hydrogens is 269 g/mol. The number of halogens is 1. The monoisotopic (exact) mass is 293 g/mol. The molecule has 20 heavy (non-hydrogen) atoms. The van der Waals surface area contributed by atoms with Crippen LogP contribution in [0.3, 0.4) is 0 Å². The zero-order chi connectivity index (χ0) is 13.9. The average Bonchev–Trinajstić information content (AvgIpc) is 2.42. The van der Waals surface area contributed by atoms with Gasteiger partial charge in [-0.15, -0.1) is 0 Å². The minimum atomic E-state index is -0.103. The summed E-state index contributed by atoms with van der Waals surface area (Å²) in [4.78, 5) is 0. The molecule has 0 aliphatic heterocycles. The molecule has 2 atom stereocenters. The number of nitrogens with one attached hydrogen (secondary N) is 1. The topological polar surface area (TPSA) is 12.0 Å². The maximum absolute atomic E-state index is 13.2. The van der Waals surface area contributed by atoms with Crippen molar-refractivity contribution in [3.8, 4) is 0 Å². The predicted octanol–water partition coefficient (Wildman–Crippen LogP) is 4.34. The third-order valence-electron chi connectivity index (χ3n) is 4.89. The first-order valence-electron chi connectivity index (χ1n) is 7.79. The van der Waals surface area contributed by atoms with Crippen molar-refractivity contribution in [2.45, 2.75) is 61.8 Å². The maximum atomic E-state index is 13.2. The molecule has 110 valence electrons. The van der Waals surface area contributed by atoms with Crippen LogP contribution >= 0.6 is 11.8 Å². The van der Waals surface area contributed by atoms with Crippen LogP contribution in [0.4, 0.5) is 4.39 Å². The van der Waals surface area contributed by atoms with Crippen LogP contribution < -0.4 is 5.32 Å². The van der Waals surface area contributed by atoms with Crippen LogP contribution in [-0.4, -0.2) is 23.6 Å². The van der Waals surface area contributed by atoms with Gasteiger partial charge >= 0.3 is 0 Å². The summed E-state index contributed by atoms with van der Waals surface area (Å²) in [6.45, 7) is 0. The summed E-state index contributed by atoms with van der Waals surface area (Å²) in [6, 6.07) is 8.48. The van der Waals surface area contributed by atoms with Gasteiger partial charge in [0, 0.05) is 17.3 Å². The molecule has 3 heteroatoms. The van der Waals surface area contributed by atoms with Crippen LogP contribution in [0.15, 0.2) is 24.3 Å². The highest BCUT2D eigenvalue weighted by Gasteiger charge is 2.33. The third kappa shape index (κ3) is 3.37. The van der Waals surface area contributed by atoms with Crippen molar-refractivity contribution >= 4 is 11.8 Å². The average molecular weight is 293 g/mol. The second-order valence-corrected chi connectivity index (χ2v) is 7.45. The quantitative estimate of drug-likeness (QED) is 0.886. The lowest BCUT2D eigenvalue weighted by Crippen LogP contribution is -2.47. The van der Waals surface area contributed by atoms with Crippen LogP contribution in [0.25, 0.3) is 0 Å². The van der Waals surface area contributed by atoms with Crippen molar-refractivity contribution in [1.82, 2.24) is 5.32 Å². The molecule has 0 spiro atoms. The van der Waals surface area contributed by atoms with Gasteiger partial charge in [0.25, 0.3) is 0 Å². The highest BCUT2D eigenvalue weighted by Crippen LogP contribution is 2.38. The van der Waals surface area contributed by atoms with Gasteiger partial charge in [-0.2, -0.15) is 11.8 Å². The number of hydrogen-bond acceptors (Lipinski definition) is 2. The highest BCUT2D eigenvalue weighted by atomic mass is 32.2. The highest BCUT2D eigenvalue weighted by molar-refractivity contribution is 7.99. The number of thioether (sulfide) groups is 1. The van der Waals surface area contributed by atoms with Gasteiger partial charge in [-0.1, -0.05) is 18.6 Å². The second kappa shape index (κ2) is 6.48. The Hall–Kier alpha value is -0.540. The van der Waals surface area contributed by atoms with E-state index in [0.717, 1.165) is 5.25 Å². The summed E-state index contributed by atoms with van der Waals surface area (Å²) in [7, 11) is 0. The standard InChI is InChI=1S/C17H24FNS/c1-20-17-7-3-6-15(11-17)19-16-9-13(10-16)12-4-2-5-14(18)8-12/h2,4-5,8,13,15-17,19H,3,6-7,9-11H2,1H3. The first-order chi connectivity index (χ1) is 9.74. The van der Waals surface area contributed by atoms with E-state index in [1.54, 1.807) is 6.07 Å². The van der Waals surface area contributed by atoms with Gasteiger partial charge in [-0.25, -0.2) is 4.39 Å². The lowest BCUT2D eigenvalue weighted by Gasteiger charge is -2.40. The van der Waals surface area contributed by atoms with Crippen LogP contribution in [0.1, 0.15) is 50.0 Å². The van der Waals surface area contributed by atoms with Crippen molar-refractivity contribution in [3.63, 3.8) is 0 Å². The summed E-state index contributed by atoms with van der Waals surface area (Å²) in [5.74, 6) is 0.456. The fourth-order valence-electron chi connectivity index (χ4n) is 3.63. The summed E-state index contributed by atoms with van der Waals surface area (Å²) in [5.41, 5.74) is 1.17. The molecule has 2 saturated carbocycles. The Morgan fingerprint density at radius 2 is 2.00 bits per heavy atom. The van der Waals surface area contributed by atoms with Crippen molar-refractivity contribution in [2.24, 2.45) is 0 Å². The van der Waals surface area contributed by atoms with Crippen LogP contribution in [0.2, 0.25) is 0 Å². The Labute approximate surface area is 125 Å². The molecule has 2 fully saturated rings. The van der Waals surface area contributed by atoms with E-state index in [-0.39, 0.29) is 5.82 Å². The van der Waals surface area contributed by atoms with Gasteiger partial charge < -0.3 is 5.32 Å². The van der Waals surface area contributed by atoms with E-state index in [2.05, 4.69) is 17.6 Å². The lowest BCUT2D eigenvalue weighted by atomic mass is 9.75. The van der Waals surface area contributed by atoms with E-state index in [0.29, 0.717) is 18.0 Å². The van der Waals surface area contributed by atoms with Crippen molar-refractivity contribution in [3.05, 3.63) is 35.6 Å². The van der Waals surface area contributed by atoms with Crippen molar-refractivity contribution < 1.29 is 4.39 Å². The number of hydrogen-bond donors (Lipinski definition) is 1. The molecule has 0 aromatic heterocycles. The Morgan fingerprint density at radius 1 is 1.15 bits per heavy atom. The zero-order valence-electron chi connectivity index (χ0n) is 12.1. The van der Waals surface area contributed by atoms with E-state index in [4.69, 9.17) is 0 Å². The van der Waals surface area contributed by atoms with Crippen molar-refractivity contribution in [1.29, 1.82) is 0 Å². The summed E-state index contributed by atoms with van der Waals surface area (Å²) in [6.07, 6.45) is 9.98. The van der Waals surface area contributed by atoms with E-state index >= 15 is 0 Å². The molecule has 0 bridgehead atoms. The van der Waals surface area contributed by atoms with Gasteiger partial charge in [0.05, 0.1) is 0 Å². The molecule has 1 N–H and O–H groups in total. The minimum absolute atomic E-state index is 0.103. The fraction of sp³-hybridized carbons (Fsp3) is 0.647. The molecule has 3 rings (SSSR count). The molecule has 2 aliphatic carbocycles. The Morgan fingerprint density at radius 3 is 2.75 bits per heavy atom. The number of benzene rings is 1. The van der Waals surface area contributed by atoms with Gasteiger partial charge in [-0.05, 0) is 62.0 Å². The molecule has 1 aromatic rings. The fourth-order valence-corrected chi connectivity index (χ4v) is 4.46. The van der Waals surface area contributed by atoms with Gasteiger partial charge in [-0.3, -0.25) is 0 Å². The molecule has 0 heterocycles. The Kier molecular flexibility index (Phi) is 4.67.